The Labute approximate surface area is 136 Å². The van der Waals surface area contributed by atoms with E-state index in [1.54, 1.807) is 18.2 Å². The first-order valence-electron chi connectivity index (χ1n) is 6.57. The minimum absolute atomic E-state index is 0.0129. The summed E-state index contributed by atoms with van der Waals surface area (Å²) in [6.45, 7) is 0. The third-order valence-electron chi connectivity index (χ3n) is 3.19. The molecule has 1 nitrogen and oxygen atoms in total. The second kappa shape index (κ2) is 9.31. The molecule has 0 saturated heterocycles. The van der Waals surface area contributed by atoms with Gasteiger partial charge in [-0.1, -0.05) is 40.9 Å². The summed E-state index contributed by atoms with van der Waals surface area (Å²) in [7, 11) is 0. The number of ketones is 1. The van der Waals surface area contributed by atoms with Crippen molar-refractivity contribution in [1.29, 1.82) is 0 Å². The quantitative estimate of drug-likeness (QED) is 0.330. The number of carbonyl (C=O) groups excluding carboxylic acids is 1. The number of unbranched alkanes of at least 4 members (excludes halogenated alkanes) is 3. The number of hydrogen-bond acceptors (Lipinski definition) is 1. The maximum atomic E-state index is 14.1. The monoisotopic (exact) mass is 402 g/mol. The molecule has 0 bridgehead atoms. The Kier molecular flexibility index (Phi) is 8.09. The van der Waals surface area contributed by atoms with Crippen molar-refractivity contribution in [3.05, 3.63) is 34.1 Å². The van der Waals surface area contributed by atoms with E-state index >= 15 is 0 Å². The topological polar surface area (TPSA) is 17.1 Å². The Hall–Kier alpha value is -0.660. The molecule has 0 aromatic heterocycles. The molecule has 108 valence electrons. The summed E-state index contributed by atoms with van der Waals surface area (Å²) in [6.07, 6.45) is 9.40. The highest BCUT2D eigenvalue weighted by molar-refractivity contribution is 9.10. The van der Waals surface area contributed by atoms with Gasteiger partial charge in [-0.15, -0.1) is 12.3 Å². The van der Waals surface area contributed by atoms with Crippen LogP contribution in [0.2, 0.25) is 0 Å². The van der Waals surface area contributed by atoms with E-state index in [-0.39, 0.29) is 16.9 Å². The molecule has 0 saturated carbocycles. The third kappa shape index (κ3) is 5.03. The first-order valence-corrected chi connectivity index (χ1v) is 8.49. The van der Waals surface area contributed by atoms with E-state index in [4.69, 9.17) is 6.42 Å². The van der Waals surface area contributed by atoms with Gasteiger partial charge in [0.2, 0.25) is 0 Å². The molecule has 0 aliphatic heterocycles. The van der Waals surface area contributed by atoms with Gasteiger partial charge >= 0.3 is 0 Å². The van der Waals surface area contributed by atoms with E-state index in [1.165, 1.54) is 0 Å². The van der Waals surface area contributed by atoms with Crippen LogP contribution < -0.4 is 0 Å². The zero-order chi connectivity index (χ0) is 15.0. The van der Waals surface area contributed by atoms with Crippen LogP contribution in [0.15, 0.2) is 22.7 Å². The number of halogens is 3. The smallest absolute Gasteiger partial charge is 0.150 e. The molecule has 1 atom stereocenters. The lowest BCUT2D eigenvalue weighted by Gasteiger charge is -2.16. The van der Waals surface area contributed by atoms with Crippen molar-refractivity contribution < 1.29 is 9.18 Å². The van der Waals surface area contributed by atoms with E-state index in [1.807, 2.05) is 0 Å². The molecule has 4 heteroatoms. The van der Waals surface area contributed by atoms with Gasteiger partial charge in [0.05, 0.1) is 9.80 Å². The first kappa shape index (κ1) is 17.4. The molecule has 1 unspecified atom stereocenters. The number of alkyl halides is 1. The van der Waals surface area contributed by atoms with E-state index in [2.05, 4.69) is 37.8 Å². The van der Waals surface area contributed by atoms with E-state index in [9.17, 15) is 9.18 Å². The Morgan fingerprint density at radius 2 is 2.10 bits per heavy atom. The Balaban J connectivity index is 2.77. The second-order valence-corrected chi connectivity index (χ2v) is 6.01. The van der Waals surface area contributed by atoms with Crippen LogP contribution in [0, 0.1) is 18.2 Å². The van der Waals surface area contributed by atoms with Gasteiger partial charge in [0.1, 0.15) is 5.82 Å². The van der Waals surface area contributed by atoms with Crippen molar-refractivity contribution >= 4 is 37.6 Å². The van der Waals surface area contributed by atoms with Gasteiger partial charge in [-0.3, -0.25) is 4.79 Å². The van der Waals surface area contributed by atoms with E-state index in [0.29, 0.717) is 16.5 Å². The molecule has 1 aromatic carbocycles. The van der Waals surface area contributed by atoms with Crippen LogP contribution in [0.25, 0.3) is 0 Å². The zero-order valence-electron chi connectivity index (χ0n) is 11.2. The SMILES string of the molecule is C#CCCCCCC(C(=O)CBr)c1cccc(Br)c1F. The molecule has 1 rings (SSSR count). The fraction of sp³-hybridized carbons (Fsp3) is 0.438. The van der Waals surface area contributed by atoms with Gasteiger partial charge in [0, 0.05) is 12.3 Å². The molecule has 0 radical (unpaired) electrons. The highest BCUT2D eigenvalue weighted by atomic mass is 79.9. The fourth-order valence-corrected chi connectivity index (χ4v) is 2.90. The van der Waals surface area contributed by atoms with Crippen LogP contribution >= 0.6 is 31.9 Å². The molecule has 0 spiro atoms. The van der Waals surface area contributed by atoms with Gasteiger partial charge in [-0.25, -0.2) is 4.39 Å². The van der Waals surface area contributed by atoms with Gasteiger partial charge in [0.25, 0.3) is 0 Å². The molecule has 0 heterocycles. The lowest BCUT2D eigenvalue weighted by Crippen LogP contribution is -2.15. The number of terminal acetylenes is 1. The van der Waals surface area contributed by atoms with Crippen molar-refractivity contribution in [1.82, 2.24) is 0 Å². The minimum Gasteiger partial charge on any atom is -0.298 e. The van der Waals surface area contributed by atoms with Gasteiger partial charge < -0.3 is 0 Å². The molecule has 1 aromatic rings. The van der Waals surface area contributed by atoms with Crippen molar-refractivity contribution in [3.8, 4) is 12.3 Å². The Morgan fingerprint density at radius 1 is 1.35 bits per heavy atom. The lowest BCUT2D eigenvalue weighted by atomic mass is 9.89. The van der Waals surface area contributed by atoms with Gasteiger partial charge in [-0.05, 0) is 40.4 Å². The lowest BCUT2D eigenvalue weighted by molar-refractivity contribution is -0.118. The first-order chi connectivity index (χ1) is 9.61. The number of carbonyl (C=O) groups is 1. The standard InChI is InChI=1S/C16H17Br2FO/c1-2-3-4-5-6-8-12(15(20)11-17)13-9-7-10-14(18)16(13)19/h1,7,9-10,12H,3-6,8,11H2. The molecular weight excluding hydrogens is 387 g/mol. The number of rotatable bonds is 8. The number of Topliss-reactive ketones (excluding diaryl/α,β-unsaturated/α-hetero) is 1. The van der Waals surface area contributed by atoms with Crippen LogP contribution in [-0.4, -0.2) is 11.1 Å². The van der Waals surface area contributed by atoms with Crippen molar-refractivity contribution in [2.24, 2.45) is 0 Å². The summed E-state index contributed by atoms with van der Waals surface area (Å²) in [5.74, 6) is 1.88. The molecule has 20 heavy (non-hydrogen) atoms. The Bertz CT molecular complexity index is 494. The summed E-state index contributed by atoms with van der Waals surface area (Å²) in [4.78, 5) is 12.0. The fourth-order valence-electron chi connectivity index (χ4n) is 2.12. The average Bonchev–Trinajstić information content (AvgIpc) is 2.46. The van der Waals surface area contributed by atoms with E-state index in [0.717, 1.165) is 25.7 Å². The van der Waals surface area contributed by atoms with Gasteiger partial charge in [-0.2, -0.15) is 0 Å². The maximum absolute atomic E-state index is 14.1. The zero-order valence-corrected chi connectivity index (χ0v) is 14.3. The van der Waals surface area contributed by atoms with Crippen LogP contribution in [0.4, 0.5) is 4.39 Å². The summed E-state index contributed by atoms with van der Waals surface area (Å²) in [5, 5.41) is 0.244. The predicted octanol–water partition coefficient (Wildman–Crippen LogP) is 5.22. The molecule has 0 amide bonds. The molecule has 0 fully saturated rings. The van der Waals surface area contributed by atoms with Crippen molar-refractivity contribution in [2.45, 2.75) is 38.0 Å². The third-order valence-corrected chi connectivity index (χ3v) is 4.36. The summed E-state index contributed by atoms with van der Waals surface area (Å²) in [6, 6.07) is 5.09. The van der Waals surface area contributed by atoms with Crippen LogP contribution in [-0.2, 0) is 4.79 Å². The molecule has 0 aliphatic carbocycles. The average molecular weight is 404 g/mol. The maximum Gasteiger partial charge on any atom is 0.150 e. The number of hydrogen-bond donors (Lipinski definition) is 0. The summed E-state index contributed by atoms with van der Waals surface area (Å²) >= 11 is 6.35. The Morgan fingerprint density at radius 3 is 2.75 bits per heavy atom. The molecule has 0 aliphatic rings. The summed E-state index contributed by atoms with van der Waals surface area (Å²) < 4.78 is 14.5. The van der Waals surface area contributed by atoms with Crippen molar-refractivity contribution in [2.75, 3.05) is 5.33 Å². The minimum atomic E-state index is -0.391. The predicted molar refractivity (Wildman–Crippen MR) is 87.6 cm³/mol. The molecule has 0 N–H and O–H groups in total. The largest absolute Gasteiger partial charge is 0.298 e. The van der Waals surface area contributed by atoms with E-state index < -0.39 is 5.92 Å². The van der Waals surface area contributed by atoms with Crippen LogP contribution in [0.1, 0.15) is 43.6 Å². The summed E-state index contributed by atoms with van der Waals surface area (Å²) in [5.41, 5.74) is 0.473. The highest BCUT2D eigenvalue weighted by Gasteiger charge is 2.23. The van der Waals surface area contributed by atoms with Crippen molar-refractivity contribution in [3.63, 3.8) is 0 Å². The van der Waals surface area contributed by atoms with Crippen LogP contribution in [0.5, 0.6) is 0 Å². The van der Waals surface area contributed by atoms with Crippen LogP contribution in [0.3, 0.4) is 0 Å². The molecular formula is C16H17Br2FO. The second-order valence-electron chi connectivity index (χ2n) is 4.60. The highest BCUT2D eigenvalue weighted by Crippen LogP contribution is 2.30. The number of benzene rings is 1. The van der Waals surface area contributed by atoms with Gasteiger partial charge in [0.15, 0.2) is 5.78 Å². The normalized spacial score (nSPS) is 11.9.